The van der Waals surface area contributed by atoms with Gasteiger partial charge < -0.3 is 14.8 Å². The number of rotatable bonds is 7. The Labute approximate surface area is 191 Å². The number of halogens is 1. The van der Waals surface area contributed by atoms with Gasteiger partial charge in [0.25, 0.3) is 0 Å². The van der Waals surface area contributed by atoms with E-state index < -0.39 is 11.2 Å². The Kier molecular flexibility index (Phi) is 5.68. The zero-order valence-corrected chi connectivity index (χ0v) is 18.4. The SMILES string of the molecule is Cc1cnc(Nc2cnn(C3CCOCC3)c2)nc1-c1ccc(OCC2(C#N)CC2)c(F)c1. The highest BCUT2D eigenvalue weighted by Gasteiger charge is 2.44. The van der Waals surface area contributed by atoms with Crippen molar-refractivity contribution in [3.63, 3.8) is 0 Å². The first-order valence-electron chi connectivity index (χ1n) is 11.1. The quantitative estimate of drug-likeness (QED) is 0.565. The molecule has 2 fully saturated rings. The maximum atomic E-state index is 14.7. The summed E-state index contributed by atoms with van der Waals surface area (Å²) in [4.78, 5) is 8.98. The van der Waals surface area contributed by atoms with Gasteiger partial charge in [-0.2, -0.15) is 10.4 Å². The Morgan fingerprint density at radius 1 is 1.30 bits per heavy atom. The number of aryl methyl sites for hydroxylation is 1. The highest BCUT2D eigenvalue weighted by molar-refractivity contribution is 5.65. The van der Waals surface area contributed by atoms with E-state index in [1.165, 1.54) is 6.07 Å². The minimum Gasteiger partial charge on any atom is -0.489 e. The monoisotopic (exact) mass is 448 g/mol. The summed E-state index contributed by atoms with van der Waals surface area (Å²) in [6.45, 7) is 3.59. The van der Waals surface area contributed by atoms with Crippen LogP contribution in [0.4, 0.5) is 16.0 Å². The number of anilines is 2. The van der Waals surface area contributed by atoms with Crippen LogP contribution in [0, 0.1) is 29.5 Å². The smallest absolute Gasteiger partial charge is 0.227 e. The molecular formula is C24H25FN6O2. The second-order valence-corrected chi connectivity index (χ2v) is 8.73. The first-order valence-corrected chi connectivity index (χ1v) is 11.1. The van der Waals surface area contributed by atoms with Gasteiger partial charge in [0.1, 0.15) is 6.61 Å². The average molecular weight is 449 g/mol. The lowest BCUT2D eigenvalue weighted by Gasteiger charge is -2.22. The molecule has 3 aromatic rings. The standard InChI is InChI=1S/C24H25FN6O2/c1-16-11-27-23(29-18-12-28-31(13-18)19-4-8-32-9-5-19)30-22(16)17-2-3-21(20(25)10-17)33-15-24(14-26)6-7-24/h2-3,10-13,19H,4-9,15H2,1H3,(H,27,29,30). The van der Waals surface area contributed by atoms with Crippen LogP contribution in [0.3, 0.4) is 0 Å². The predicted octanol–water partition coefficient (Wildman–Crippen LogP) is 4.57. The second-order valence-electron chi connectivity index (χ2n) is 8.73. The lowest BCUT2D eigenvalue weighted by Crippen LogP contribution is -2.19. The molecule has 0 unspecified atom stereocenters. The highest BCUT2D eigenvalue weighted by Crippen LogP contribution is 2.45. The van der Waals surface area contributed by atoms with Crippen molar-refractivity contribution in [3.8, 4) is 23.1 Å². The van der Waals surface area contributed by atoms with Crippen molar-refractivity contribution in [2.24, 2.45) is 5.41 Å². The molecule has 1 N–H and O–H groups in total. The molecule has 8 nitrogen and oxygen atoms in total. The van der Waals surface area contributed by atoms with Gasteiger partial charge in [0.2, 0.25) is 5.95 Å². The number of ether oxygens (including phenoxy) is 2. The maximum absolute atomic E-state index is 14.7. The number of benzene rings is 1. The molecule has 2 aliphatic rings. The first-order chi connectivity index (χ1) is 16.0. The summed E-state index contributed by atoms with van der Waals surface area (Å²) in [5, 5.41) is 16.8. The topological polar surface area (TPSA) is 97.9 Å². The van der Waals surface area contributed by atoms with Gasteiger partial charge in [-0.3, -0.25) is 4.68 Å². The van der Waals surface area contributed by atoms with Crippen molar-refractivity contribution in [2.45, 2.75) is 38.6 Å². The Bertz CT molecular complexity index is 1190. The van der Waals surface area contributed by atoms with Gasteiger partial charge in [0, 0.05) is 31.2 Å². The molecule has 3 heterocycles. The largest absolute Gasteiger partial charge is 0.489 e. The van der Waals surface area contributed by atoms with Gasteiger partial charge in [0.05, 0.1) is 35.1 Å². The van der Waals surface area contributed by atoms with E-state index in [1.54, 1.807) is 24.5 Å². The number of hydrogen-bond donors (Lipinski definition) is 1. The molecule has 1 aliphatic heterocycles. The van der Waals surface area contributed by atoms with E-state index in [1.807, 2.05) is 17.8 Å². The summed E-state index contributed by atoms with van der Waals surface area (Å²) in [5.74, 6) is 0.0740. The van der Waals surface area contributed by atoms with Crippen LogP contribution >= 0.6 is 0 Å². The van der Waals surface area contributed by atoms with Crippen LogP contribution in [0.1, 0.15) is 37.3 Å². The molecule has 0 spiro atoms. The van der Waals surface area contributed by atoms with Crippen LogP contribution < -0.4 is 10.1 Å². The fraction of sp³-hybridized carbons (Fsp3) is 0.417. The Morgan fingerprint density at radius 2 is 2.12 bits per heavy atom. The lowest BCUT2D eigenvalue weighted by molar-refractivity contribution is 0.0662. The number of nitriles is 1. The number of nitrogens with one attached hydrogen (secondary N) is 1. The van der Waals surface area contributed by atoms with Crippen LogP contribution in [-0.2, 0) is 4.74 Å². The van der Waals surface area contributed by atoms with E-state index in [2.05, 4.69) is 26.5 Å². The van der Waals surface area contributed by atoms with Crippen molar-refractivity contribution in [1.82, 2.24) is 19.7 Å². The second kappa shape index (κ2) is 8.79. The van der Waals surface area contributed by atoms with Gasteiger partial charge in [-0.05, 0) is 56.4 Å². The van der Waals surface area contributed by atoms with Gasteiger partial charge >= 0.3 is 0 Å². The number of nitrogens with zero attached hydrogens (tertiary/aromatic N) is 5. The number of aromatic nitrogens is 4. The van der Waals surface area contributed by atoms with Crippen molar-refractivity contribution in [3.05, 3.63) is 48.2 Å². The van der Waals surface area contributed by atoms with E-state index in [4.69, 9.17) is 9.47 Å². The lowest BCUT2D eigenvalue weighted by atomic mass is 10.1. The average Bonchev–Trinajstić information content (AvgIpc) is 3.48. The third kappa shape index (κ3) is 4.66. The zero-order chi connectivity index (χ0) is 22.8. The minimum atomic E-state index is -0.480. The summed E-state index contributed by atoms with van der Waals surface area (Å²) in [6, 6.07) is 7.34. The van der Waals surface area contributed by atoms with Gasteiger partial charge in [0.15, 0.2) is 11.6 Å². The molecule has 2 aromatic heterocycles. The summed E-state index contributed by atoms with van der Waals surface area (Å²) < 4.78 is 27.6. The predicted molar refractivity (Wildman–Crippen MR) is 120 cm³/mol. The fourth-order valence-electron chi connectivity index (χ4n) is 3.90. The summed E-state index contributed by atoms with van der Waals surface area (Å²) >= 11 is 0. The molecule has 1 saturated carbocycles. The van der Waals surface area contributed by atoms with Gasteiger partial charge in [-0.15, -0.1) is 0 Å². The molecule has 170 valence electrons. The first kappa shape index (κ1) is 21.3. The van der Waals surface area contributed by atoms with Crippen LogP contribution in [0.25, 0.3) is 11.3 Å². The summed E-state index contributed by atoms with van der Waals surface area (Å²) in [5.41, 5.74) is 2.42. The van der Waals surface area contributed by atoms with E-state index >= 15 is 0 Å². The third-order valence-electron chi connectivity index (χ3n) is 6.19. The molecule has 9 heteroatoms. The van der Waals surface area contributed by atoms with Crippen molar-refractivity contribution in [1.29, 1.82) is 5.26 Å². The normalized spacial score (nSPS) is 17.4. The van der Waals surface area contributed by atoms with E-state index in [0.717, 1.165) is 50.1 Å². The molecule has 0 atom stereocenters. The van der Waals surface area contributed by atoms with Gasteiger partial charge in [-0.1, -0.05) is 0 Å². The van der Waals surface area contributed by atoms with E-state index in [0.29, 0.717) is 23.2 Å². The van der Waals surface area contributed by atoms with Crippen LogP contribution in [0.2, 0.25) is 0 Å². The fourth-order valence-corrected chi connectivity index (χ4v) is 3.90. The summed E-state index contributed by atoms with van der Waals surface area (Å²) in [7, 11) is 0. The molecule has 0 amide bonds. The van der Waals surface area contributed by atoms with E-state index in [-0.39, 0.29) is 12.4 Å². The van der Waals surface area contributed by atoms with Crippen molar-refractivity contribution >= 4 is 11.6 Å². The van der Waals surface area contributed by atoms with Crippen LogP contribution in [0.15, 0.2) is 36.8 Å². The van der Waals surface area contributed by atoms with Crippen LogP contribution in [-0.4, -0.2) is 39.6 Å². The molecular weight excluding hydrogens is 423 g/mol. The molecule has 1 aliphatic carbocycles. The zero-order valence-electron chi connectivity index (χ0n) is 18.4. The van der Waals surface area contributed by atoms with Crippen molar-refractivity contribution < 1.29 is 13.9 Å². The summed E-state index contributed by atoms with van der Waals surface area (Å²) in [6.07, 6.45) is 8.88. The molecule has 5 rings (SSSR count). The number of hydrogen-bond acceptors (Lipinski definition) is 7. The minimum absolute atomic E-state index is 0.144. The van der Waals surface area contributed by atoms with Crippen molar-refractivity contribution in [2.75, 3.05) is 25.1 Å². The molecule has 0 radical (unpaired) electrons. The maximum Gasteiger partial charge on any atom is 0.227 e. The molecule has 33 heavy (non-hydrogen) atoms. The molecule has 1 saturated heterocycles. The highest BCUT2D eigenvalue weighted by atomic mass is 19.1. The Morgan fingerprint density at radius 3 is 2.85 bits per heavy atom. The third-order valence-corrected chi connectivity index (χ3v) is 6.19. The Balaban J connectivity index is 1.31. The van der Waals surface area contributed by atoms with Gasteiger partial charge in [-0.25, -0.2) is 14.4 Å². The van der Waals surface area contributed by atoms with Crippen LogP contribution in [0.5, 0.6) is 5.75 Å². The molecule has 0 bridgehead atoms. The Hall–Kier alpha value is -3.51. The molecule has 1 aromatic carbocycles. The van der Waals surface area contributed by atoms with E-state index in [9.17, 15) is 9.65 Å².